The average molecular weight is 165 g/mol. The summed E-state index contributed by atoms with van der Waals surface area (Å²) in [5.41, 5.74) is 1.03. The number of benzene rings is 1. The van der Waals surface area contributed by atoms with Crippen LogP contribution in [0, 0.1) is 6.92 Å². The van der Waals surface area contributed by atoms with Crippen LogP contribution in [0.15, 0.2) is 18.2 Å². The maximum absolute atomic E-state index is 9.12. The van der Waals surface area contributed by atoms with Crippen molar-refractivity contribution in [3.05, 3.63) is 23.9 Å². The van der Waals surface area contributed by atoms with Crippen LogP contribution in [0.25, 0.3) is 10.1 Å². The van der Waals surface area contributed by atoms with Gasteiger partial charge in [0.2, 0.25) is 0 Å². The summed E-state index contributed by atoms with van der Waals surface area (Å²) in [7, 11) is 0. The van der Waals surface area contributed by atoms with E-state index in [9.17, 15) is 0 Å². The van der Waals surface area contributed by atoms with Crippen molar-refractivity contribution in [3.63, 3.8) is 0 Å². The first kappa shape index (κ1) is 6.61. The lowest BCUT2D eigenvalue weighted by Crippen LogP contribution is -1.68. The summed E-state index contributed by atoms with van der Waals surface area (Å²) in [4.78, 5) is 0. The van der Waals surface area contributed by atoms with Gasteiger partial charge in [-0.1, -0.05) is 0 Å². The van der Waals surface area contributed by atoms with Crippen molar-refractivity contribution in [2.45, 2.75) is 6.92 Å². The number of aromatic hydroxyl groups is 1. The van der Waals surface area contributed by atoms with Gasteiger partial charge in [0.05, 0.1) is 10.4 Å². The van der Waals surface area contributed by atoms with E-state index in [0.29, 0.717) is 5.75 Å². The summed E-state index contributed by atoms with van der Waals surface area (Å²) in [5, 5.41) is 10.3. The van der Waals surface area contributed by atoms with Gasteiger partial charge < -0.3 is 5.11 Å². The van der Waals surface area contributed by atoms with Crippen LogP contribution >= 0.6 is 11.5 Å². The van der Waals surface area contributed by atoms with Crippen LogP contribution in [0.1, 0.15) is 5.69 Å². The standard InChI is InChI=1S/C8H7NOS/c1-5-7-3-2-6(10)4-8(7)11-9-5/h2-4,10H,1H3. The first-order valence-corrected chi connectivity index (χ1v) is 4.10. The van der Waals surface area contributed by atoms with E-state index < -0.39 is 0 Å². The molecule has 0 atom stereocenters. The fourth-order valence-corrected chi connectivity index (χ4v) is 1.87. The van der Waals surface area contributed by atoms with Crippen molar-refractivity contribution in [3.8, 4) is 5.75 Å². The van der Waals surface area contributed by atoms with Crippen LogP contribution in [0.3, 0.4) is 0 Å². The minimum absolute atomic E-state index is 0.307. The van der Waals surface area contributed by atoms with Crippen molar-refractivity contribution >= 4 is 21.6 Å². The third-order valence-electron chi connectivity index (χ3n) is 1.64. The zero-order chi connectivity index (χ0) is 7.84. The Balaban J connectivity index is 2.86. The molecule has 0 spiro atoms. The lowest BCUT2D eigenvalue weighted by Gasteiger charge is -1.90. The molecule has 56 valence electrons. The Morgan fingerprint density at radius 2 is 2.27 bits per heavy atom. The highest BCUT2D eigenvalue weighted by Gasteiger charge is 2.00. The molecule has 0 saturated carbocycles. The molecule has 11 heavy (non-hydrogen) atoms. The molecule has 0 aliphatic rings. The molecule has 0 fully saturated rings. The highest BCUT2D eigenvalue weighted by Crippen LogP contribution is 2.25. The second kappa shape index (κ2) is 2.20. The van der Waals surface area contributed by atoms with E-state index in [1.165, 1.54) is 11.5 Å². The molecular weight excluding hydrogens is 158 g/mol. The van der Waals surface area contributed by atoms with Crippen LogP contribution in [-0.4, -0.2) is 9.48 Å². The number of phenolic OH excluding ortho intramolecular Hbond substituents is 1. The maximum atomic E-state index is 9.12. The second-order valence-electron chi connectivity index (χ2n) is 2.45. The van der Waals surface area contributed by atoms with Crippen LogP contribution in [0.4, 0.5) is 0 Å². The number of aromatic nitrogens is 1. The number of phenols is 1. The van der Waals surface area contributed by atoms with Crippen molar-refractivity contribution in [2.24, 2.45) is 0 Å². The Labute approximate surface area is 68.3 Å². The molecule has 1 N–H and O–H groups in total. The molecule has 0 aliphatic heterocycles. The SMILES string of the molecule is Cc1nsc2cc(O)ccc12. The fraction of sp³-hybridized carbons (Fsp3) is 0.125. The van der Waals surface area contributed by atoms with Gasteiger partial charge in [-0.15, -0.1) is 0 Å². The van der Waals surface area contributed by atoms with Gasteiger partial charge in [-0.2, -0.15) is 4.37 Å². The first-order valence-electron chi connectivity index (χ1n) is 3.32. The minimum Gasteiger partial charge on any atom is -0.508 e. The zero-order valence-corrected chi connectivity index (χ0v) is 6.85. The third kappa shape index (κ3) is 0.973. The predicted octanol–water partition coefficient (Wildman–Crippen LogP) is 2.31. The molecular formula is C8H7NOS. The molecule has 2 nitrogen and oxygen atoms in total. The monoisotopic (exact) mass is 165 g/mol. The van der Waals surface area contributed by atoms with Crippen LogP contribution in [0.5, 0.6) is 5.75 Å². The zero-order valence-electron chi connectivity index (χ0n) is 6.03. The smallest absolute Gasteiger partial charge is 0.117 e. The maximum Gasteiger partial charge on any atom is 0.117 e. The van der Waals surface area contributed by atoms with Gasteiger partial charge in [-0.05, 0) is 36.7 Å². The first-order chi connectivity index (χ1) is 5.27. The Bertz CT molecular complexity index is 394. The summed E-state index contributed by atoms with van der Waals surface area (Å²) in [6, 6.07) is 5.31. The van der Waals surface area contributed by atoms with Gasteiger partial charge in [-0.25, -0.2) is 0 Å². The van der Waals surface area contributed by atoms with E-state index in [2.05, 4.69) is 4.37 Å². The lowest BCUT2D eigenvalue weighted by molar-refractivity contribution is 0.476. The van der Waals surface area contributed by atoms with Gasteiger partial charge in [0.1, 0.15) is 5.75 Å². The second-order valence-corrected chi connectivity index (χ2v) is 3.25. The van der Waals surface area contributed by atoms with Gasteiger partial charge in [0, 0.05) is 5.39 Å². The molecule has 1 aromatic carbocycles. The van der Waals surface area contributed by atoms with Gasteiger partial charge in [-0.3, -0.25) is 0 Å². The van der Waals surface area contributed by atoms with E-state index in [0.717, 1.165) is 15.8 Å². The summed E-state index contributed by atoms with van der Waals surface area (Å²) in [6.45, 7) is 1.97. The van der Waals surface area contributed by atoms with E-state index in [1.807, 2.05) is 13.0 Å². The van der Waals surface area contributed by atoms with E-state index in [-0.39, 0.29) is 0 Å². The van der Waals surface area contributed by atoms with Gasteiger partial charge in [0.25, 0.3) is 0 Å². The normalized spacial score (nSPS) is 10.6. The average Bonchev–Trinajstić information content (AvgIpc) is 2.32. The molecule has 0 radical (unpaired) electrons. The number of fused-ring (bicyclic) bond motifs is 1. The highest BCUT2D eigenvalue weighted by molar-refractivity contribution is 7.13. The number of hydrogen-bond acceptors (Lipinski definition) is 3. The topological polar surface area (TPSA) is 33.1 Å². The van der Waals surface area contributed by atoms with Gasteiger partial charge in [0.15, 0.2) is 0 Å². The molecule has 1 aromatic heterocycles. The van der Waals surface area contributed by atoms with E-state index >= 15 is 0 Å². The highest BCUT2D eigenvalue weighted by atomic mass is 32.1. The number of rotatable bonds is 0. The predicted molar refractivity (Wildman–Crippen MR) is 46.0 cm³/mol. The van der Waals surface area contributed by atoms with Crippen molar-refractivity contribution in [2.75, 3.05) is 0 Å². The summed E-state index contributed by atoms with van der Waals surface area (Å²) >= 11 is 1.42. The Morgan fingerprint density at radius 1 is 1.45 bits per heavy atom. The number of nitrogens with zero attached hydrogens (tertiary/aromatic N) is 1. The van der Waals surface area contributed by atoms with E-state index in [1.54, 1.807) is 12.1 Å². The van der Waals surface area contributed by atoms with Crippen LogP contribution in [-0.2, 0) is 0 Å². The molecule has 3 heteroatoms. The third-order valence-corrected chi connectivity index (χ3v) is 2.54. The summed E-state index contributed by atoms with van der Waals surface area (Å²) < 4.78 is 5.21. The van der Waals surface area contributed by atoms with E-state index in [4.69, 9.17) is 5.11 Å². The molecule has 2 aromatic rings. The van der Waals surface area contributed by atoms with Crippen LogP contribution < -0.4 is 0 Å². The molecule has 1 heterocycles. The Morgan fingerprint density at radius 3 is 3.09 bits per heavy atom. The van der Waals surface area contributed by atoms with Gasteiger partial charge >= 0.3 is 0 Å². The fourth-order valence-electron chi connectivity index (χ4n) is 1.05. The number of aryl methyl sites for hydroxylation is 1. The summed E-state index contributed by atoms with van der Waals surface area (Å²) in [5.74, 6) is 0.307. The van der Waals surface area contributed by atoms with Crippen molar-refractivity contribution in [1.29, 1.82) is 0 Å². The molecule has 0 aliphatic carbocycles. The minimum atomic E-state index is 0.307. The molecule has 0 saturated heterocycles. The Hall–Kier alpha value is -1.09. The molecule has 2 rings (SSSR count). The van der Waals surface area contributed by atoms with Crippen molar-refractivity contribution in [1.82, 2.24) is 4.37 Å². The molecule has 0 bridgehead atoms. The summed E-state index contributed by atoms with van der Waals surface area (Å²) in [6.07, 6.45) is 0. The molecule has 0 amide bonds. The lowest BCUT2D eigenvalue weighted by atomic mass is 10.2. The largest absolute Gasteiger partial charge is 0.508 e. The number of hydrogen-bond donors (Lipinski definition) is 1. The Kier molecular flexibility index (Phi) is 1.32. The molecule has 0 unspecified atom stereocenters. The van der Waals surface area contributed by atoms with Crippen LogP contribution in [0.2, 0.25) is 0 Å². The quantitative estimate of drug-likeness (QED) is 0.649. The van der Waals surface area contributed by atoms with Crippen molar-refractivity contribution < 1.29 is 5.11 Å².